The first-order valence-electron chi connectivity index (χ1n) is 11.3. The molecule has 0 saturated heterocycles. The van der Waals surface area contributed by atoms with Gasteiger partial charge in [-0.15, -0.1) is 0 Å². The van der Waals surface area contributed by atoms with Gasteiger partial charge in [-0.05, 0) is 36.1 Å². The van der Waals surface area contributed by atoms with Gasteiger partial charge < -0.3 is 10.6 Å². The molecule has 4 aromatic rings. The summed E-state index contributed by atoms with van der Waals surface area (Å²) >= 11 is 0. The molecule has 0 radical (unpaired) electrons. The van der Waals surface area contributed by atoms with Crippen molar-refractivity contribution in [2.24, 2.45) is 0 Å². The first-order chi connectivity index (χ1) is 16.9. The Labute approximate surface area is 203 Å². The van der Waals surface area contributed by atoms with Gasteiger partial charge in [0.2, 0.25) is 5.91 Å². The Balaban J connectivity index is 1.45. The fourth-order valence-corrected chi connectivity index (χ4v) is 3.75. The number of carbonyl (C=O) groups excluding carboxylic acids is 1. The Bertz CT molecular complexity index is 1240. The molecule has 2 atom stereocenters. The molecule has 0 fully saturated rings. The van der Waals surface area contributed by atoms with E-state index in [2.05, 4.69) is 58.8 Å². The topological polar surface area (TPSA) is 71.8 Å². The number of hydrogen-bond donors (Lipinski definition) is 2. The van der Waals surface area contributed by atoms with Crippen molar-refractivity contribution in [2.45, 2.75) is 32.4 Å². The summed E-state index contributed by atoms with van der Waals surface area (Å²) in [6.07, 6.45) is 4.13. The Morgan fingerprint density at radius 3 is 2.31 bits per heavy atom. The lowest BCUT2D eigenvalue weighted by atomic mass is 9.98. The third-order valence-corrected chi connectivity index (χ3v) is 5.82. The molecule has 0 saturated carbocycles. The summed E-state index contributed by atoms with van der Waals surface area (Å²) in [6, 6.07) is 20.7. The summed E-state index contributed by atoms with van der Waals surface area (Å²) in [5, 5.41) is 9.90. The van der Waals surface area contributed by atoms with E-state index < -0.39 is 12.6 Å². The maximum Gasteiger partial charge on any atom is 0.333 e. The zero-order chi connectivity index (χ0) is 24.8. The molecule has 2 aromatic carbocycles. The van der Waals surface area contributed by atoms with Crippen LogP contribution in [0.1, 0.15) is 42.1 Å². The first-order valence-corrected chi connectivity index (χ1v) is 11.3. The molecule has 2 aromatic heterocycles. The quantitative estimate of drug-likeness (QED) is 0.325. The van der Waals surface area contributed by atoms with Crippen LogP contribution in [-0.4, -0.2) is 27.2 Å². The number of anilines is 1. The molecule has 180 valence electrons. The van der Waals surface area contributed by atoms with Crippen molar-refractivity contribution >= 4 is 11.7 Å². The second-order valence-electron chi connectivity index (χ2n) is 8.47. The molecule has 2 heterocycles. The van der Waals surface area contributed by atoms with Gasteiger partial charge in [-0.25, -0.2) is 9.67 Å². The van der Waals surface area contributed by atoms with Crippen LogP contribution in [0.2, 0.25) is 0 Å². The summed E-state index contributed by atoms with van der Waals surface area (Å²) < 4.78 is 26.1. The molecule has 0 aliphatic carbocycles. The fraction of sp³-hybridized carbons (Fsp3) is 0.222. The van der Waals surface area contributed by atoms with Crippen LogP contribution < -0.4 is 10.6 Å². The van der Waals surface area contributed by atoms with Crippen LogP contribution in [-0.2, 0) is 4.79 Å². The van der Waals surface area contributed by atoms with Crippen LogP contribution >= 0.6 is 0 Å². The Morgan fingerprint density at radius 1 is 0.943 bits per heavy atom. The van der Waals surface area contributed by atoms with E-state index in [0.717, 1.165) is 5.56 Å². The molecule has 8 heteroatoms. The molecule has 2 N–H and O–H groups in total. The number of pyridine rings is 1. The highest BCUT2D eigenvalue weighted by molar-refractivity contribution is 5.95. The molecule has 0 aliphatic heterocycles. The number of alkyl halides is 2. The monoisotopic (exact) mass is 475 g/mol. The van der Waals surface area contributed by atoms with Crippen molar-refractivity contribution in [1.82, 2.24) is 20.1 Å². The number of nitrogens with zero attached hydrogens (tertiary/aromatic N) is 3. The lowest BCUT2D eigenvalue weighted by molar-refractivity contribution is -0.118. The highest BCUT2D eigenvalue weighted by atomic mass is 19.3. The van der Waals surface area contributed by atoms with Gasteiger partial charge in [0, 0.05) is 30.1 Å². The maximum absolute atomic E-state index is 13.2. The SMILES string of the molecule is Cc1ccc([C@@H](C)CN[C@@H](C(=O)Nc2ccc(-c3cnn(C(F)F)c3)cn2)c2ccccc2)cc1. The van der Waals surface area contributed by atoms with E-state index in [1.165, 1.54) is 29.7 Å². The van der Waals surface area contributed by atoms with Crippen LogP contribution in [0.5, 0.6) is 0 Å². The minimum Gasteiger partial charge on any atom is -0.309 e. The van der Waals surface area contributed by atoms with Crippen molar-refractivity contribution in [3.05, 3.63) is 102 Å². The van der Waals surface area contributed by atoms with Crippen molar-refractivity contribution in [3.63, 3.8) is 0 Å². The van der Waals surface area contributed by atoms with Gasteiger partial charge in [-0.2, -0.15) is 13.9 Å². The molecule has 1 amide bonds. The number of rotatable bonds is 9. The molecule has 0 bridgehead atoms. The number of amides is 1. The van der Waals surface area contributed by atoms with E-state index in [0.29, 0.717) is 28.2 Å². The van der Waals surface area contributed by atoms with E-state index >= 15 is 0 Å². The smallest absolute Gasteiger partial charge is 0.309 e. The van der Waals surface area contributed by atoms with Crippen molar-refractivity contribution in [1.29, 1.82) is 0 Å². The lowest BCUT2D eigenvalue weighted by Gasteiger charge is -2.21. The molecule has 6 nitrogen and oxygen atoms in total. The predicted molar refractivity (Wildman–Crippen MR) is 132 cm³/mol. The highest BCUT2D eigenvalue weighted by Crippen LogP contribution is 2.23. The molecule has 0 unspecified atom stereocenters. The van der Waals surface area contributed by atoms with E-state index in [9.17, 15) is 13.6 Å². The summed E-state index contributed by atoms with van der Waals surface area (Å²) in [5.41, 5.74) is 4.39. The van der Waals surface area contributed by atoms with E-state index in [-0.39, 0.29) is 11.8 Å². The standard InChI is InChI=1S/C27H27F2N5O/c1-18-8-10-20(11-9-18)19(2)14-31-25(21-6-4-3-5-7-21)26(35)33-24-13-12-22(15-30-24)23-16-32-34(17-23)27(28)29/h3-13,15-17,19,25,27,31H,14H2,1-2H3,(H,30,33,35)/t19-,25+/m0/s1. The van der Waals surface area contributed by atoms with Gasteiger partial charge in [-0.1, -0.05) is 67.1 Å². The van der Waals surface area contributed by atoms with Crippen LogP contribution in [0, 0.1) is 6.92 Å². The van der Waals surface area contributed by atoms with Gasteiger partial charge in [-0.3, -0.25) is 4.79 Å². The summed E-state index contributed by atoms with van der Waals surface area (Å²) in [4.78, 5) is 17.5. The van der Waals surface area contributed by atoms with Gasteiger partial charge in [0.15, 0.2) is 0 Å². The molecule has 4 rings (SSSR count). The van der Waals surface area contributed by atoms with Crippen molar-refractivity contribution in [3.8, 4) is 11.1 Å². The molecular weight excluding hydrogens is 448 g/mol. The van der Waals surface area contributed by atoms with Crippen LogP contribution in [0.3, 0.4) is 0 Å². The molecular formula is C27H27F2N5O. The lowest BCUT2D eigenvalue weighted by Crippen LogP contribution is -2.35. The first kappa shape index (κ1) is 24.2. The van der Waals surface area contributed by atoms with Crippen molar-refractivity contribution < 1.29 is 13.6 Å². The molecule has 35 heavy (non-hydrogen) atoms. The molecule has 0 spiro atoms. The van der Waals surface area contributed by atoms with Crippen molar-refractivity contribution in [2.75, 3.05) is 11.9 Å². The summed E-state index contributed by atoms with van der Waals surface area (Å²) in [7, 11) is 0. The Hall–Kier alpha value is -3.91. The number of aromatic nitrogens is 3. The van der Waals surface area contributed by atoms with Gasteiger partial charge in [0.05, 0.1) is 6.20 Å². The van der Waals surface area contributed by atoms with E-state index in [4.69, 9.17) is 0 Å². The minimum absolute atomic E-state index is 0.209. The van der Waals surface area contributed by atoms with Crippen LogP contribution in [0.15, 0.2) is 85.3 Å². The number of carbonyl (C=O) groups is 1. The summed E-state index contributed by atoms with van der Waals surface area (Å²) in [6.45, 7) is 2.08. The second kappa shape index (κ2) is 11.0. The predicted octanol–water partition coefficient (Wildman–Crippen LogP) is 5.72. The number of halogens is 2. The van der Waals surface area contributed by atoms with Gasteiger partial charge in [0.25, 0.3) is 0 Å². The van der Waals surface area contributed by atoms with Crippen LogP contribution in [0.25, 0.3) is 11.1 Å². The average Bonchev–Trinajstić information content (AvgIpc) is 3.36. The van der Waals surface area contributed by atoms with Crippen LogP contribution in [0.4, 0.5) is 14.6 Å². The van der Waals surface area contributed by atoms with E-state index in [1.54, 1.807) is 12.1 Å². The highest BCUT2D eigenvalue weighted by Gasteiger charge is 2.22. The zero-order valence-corrected chi connectivity index (χ0v) is 19.5. The zero-order valence-electron chi connectivity index (χ0n) is 19.5. The third-order valence-electron chi connectivity index (χ3n) is 5.82. The number of benzene rings is 2. The minimum atomic E-state index is -2.70. The van der Waals surface area contributed by atoms with E-state index in [1.807, 2.05) is 30.3 Å². The summed E-state index contributed by atoms with van der Waals surface area (Å²) in [5.74, 6) is 0.341. The Morgan fingerprint density at radius 2 is 1.69 bits per heavy atom. The average molecular weight is 476 g/mol. The largest absolute Gasteiger partial charge is 0.333 e. The molecule has 0 aliphatic rings. The Kier molecular flexibility index (Phi) is 7.62. The third kappa shape index (κ3) is 6.16. The maximum atomic E-state index is 13.2. The van der Waals surface area contributed by atoms with Gasteiger partial charge >= 0.3 is 6.55 Å². The number of nitrogens with one attached hydrogen (secondary N) is 2. The second-order valence-corrected chi connectivity index (χ2v) is 8.47. The normalized spacial score (nSPS) is 12.9. The number of hydrogen-bond acceptors (Lipinski definition) is 4. The fourth-order valence-electron chi connectivity index (χ4n) is 3.75. The van der Waals surface area contributed by atoms with Gasteiger partial charge in [0.1, 0.15) is 11.9 Å². The number of aryl methyl sites for hydroxylation is 1.